The van der Waals surface area contributed by atoms with Gasteiger partial charge in [-0.25, -0.2) is 9.97 Å². The Balaban J connectivity index is 1.93. The molecule has 0 aliphatic rings. The number of imidazole rings is 1. The molecule has 6 nitrogen and oxygen atoms in total. The van der Waals surface area contributed by atoms with Gasteiger partial charge in [0.25, 0.3) is 0 Å². The molecule has 0 saturated carbocycles. The van der Waals surface area contributed by atoms with Crippen LogP contribution >= 0.6 is 0 Å². The van der Waals surface area contributed by atoms with Crippen LogP contribution in [-0.4, -0.2) is 24.7 Å². The zero-order chi connectivity index (χ0) is 17.9. The molecule has 126 valence electrons. The van der Waals surface area contributed by atoms with E-state index in [-0.39, 0.29) is 6.04 Å². The third-order valence-electron chi connectivity index (χ3n) is 4.35. The molecule has 2 heterocycles. The number of nitrogens with one attached hydrogen (secondary N) is 1. The minimum atomic E-state index is -0.0804. The van der Waals surface area contributed by atoms with Crippen LogP contribution in [0.4, 0.5) is 0 Å². The summed E-state index contributed by atoms with van der Waals surface area (Å²) in [5.41, 5.74) is 4.38. The van der Waals surface area contributed by atoms with Crippen molar-refractivity contribution in [3.8, 4) is 28.6 Å². The van der Waals surface area contributed by atoms with Crippen molar-refractivity contribution in [1.29, 1.82) is 5.26 Å². The van der Waals surface area contributed by atoms with Gasteiger partial charge in [0, 0.05) is 11.1 Å². The molecule has 0 spiro atoms. The molecular formula is C20H16N6. The van der Waals surface area contributed by atoms with Gasteiger partial charge in [0.2, 0.25) is 0 Å². The third kappa shape index (κ3) is 2.76. The first-order valence-electron chi connectivity index (χ1n) is 8.26. The van der Waals surface area contributed by atoms with Gasteiger partial charge >= 0.3 is 0 Å². The maximum absolute atomic E-state index is 9.28. The van der Waals surface area contributed by atoms with Crippen molar-refractivity contribution in [2.75, 3.05) is 0 Å². The van der Waals surface area contributed by atoms with Crippen molar-refractivity contribution in [1.82, 2.24) is 24.7 Å². The molecule has 4 rings (SSSR count). The van der Waals surface area contributed by atoms with Crippen LogP contribution in [0.25, 0.3) is 22.5 Å². The molecule has 26 heavy (non-hydrogen) atoms. The molecule has 1 atom stereocenters. The Morgan fingerprint density at radius 1 is 1.04 bits per heavy atom. The fourth-order valence-corrected chi connectivity index (χ4v) is 3.03. The first-order chi connectivity index (χ1) is 12.8. The van der Waals surface area contributed by atoms with Gasteiger partial charge in [-0.2, -0.15) is 10.4 Å². The van der Waals surface area contributed by atoms with Gasteiger partial charge in [0.1, 0.15) is 12.2 Å². The van der Waals surface area contributed by atoms with Gasteiger partial charge in [-0.1, -0.05) is 42.5 Å². The number of nitriles is 1. The van der Waals surface area contributed by atoms with Crippen LogP contribution < -0.4 is 0 Å². The summed E-state index contributed by atoms with van der Waals surface area (Å²) < 4.78 is 2.05. The smallest absolute Gasteiger partial charge is 0.147 e. The lowest BCUT2D eigenvalue weighted by atomic mass is 10.0. The highest BCUT2D eigenvalue weighted by Gasteiger charge is 2.20. The third-order valence-corrected chi connectivity index (χ3v) is 4.35. The number of benzene rings is 2. The van der Waals surface area contributed by atoms with Gasteiger partial charge in [0.15, 0.2) is 0 Å². The fourth-order valence-electron chi connectivity index (χ4n) is 3.03. The van der Waals surface area contributed by atoms with E-state index in [9.17, 15) is 5.26 Å². The molecule has 0 aliphatic heterocycles. The predicted molar refractivity (Wildman–Crippen MR) is 98.0 cm³/mol. The number of nitrogens with zero attached hydrogens (tertiary/aromatic N) is 5. The van der Waals surface area contributed by atoms with Gasteiger partial charge < -0.3 is 4.57 Å². The van der Waals surface area contributed by atoms with E-state index in [2.05, 4.69) is 30.8 Å². The maximum atomic E-state index is 9.28. The van der Waals surface area contributed by atoms with E-state index >= 15 is 0 Å². The lowest BCUT2D eigenvalue weighted by Crippen LogP contribution is -2.09. The van der Waals surface area contributed by atoms with Crippen LogP contribution in [0.2, 0.25) is 0 Å². The summed E-state index contributed by atoms with van der Waals surface area (Å²) in [5, 5.41) is 16.2. The van der Waals surface area contributed by atoms with E-state index in [0.717, 1.165) is 28.3 Å². The average Bonchev–Trinajstić information content (AvgIpc) is 3.38. The van der Waals surface area contributed by atoms with Crippen LogP contribution in [-0.2, 0) is 0 Å². The van der Waals surface area contributed by atoms with E-state index in [1.165, 1.54) is 6.33 Å². The molecular weight excluding hydrogens is 324 g/mol. The largest absolute Gasteiger partial charge is 0.319 e. The van der Waals surface area contributed by atoms with Gasteiger partial charge in [-0.15, -0.1) is 0 Å². The second kappa shape index (κ2) is 6.65. The average molecular weight is 340 g/mol. The molecule has 0 aliphatic carbocycles. The summed E-state index contributed by atoms with van der Waals surface area (Å²) in [6.07, 6.45) is 3.31. The number of rotatable bonds is 4. The van der Waals surface area contributed by atoms with Crippen LogP contribution in [0, 0.1) is 11.3 Å². The van der Waals surface area contributed by atoms with E-state index in [1.807, 2.05) is 61.8 Å². The van der Waals surface area contributed by atoms with Crippen molar-refractivity contribution in [3.63, 3.8) is 0 Å². The quantitative estimate of drug-likeness (QED) is 0.612. The highest BCUT2D eigenvalue weighted by Crippen LogP contribution is 2.34. The minimum Gasteiger partial charge on any atom is -0.319 e. The summed E-state index contributed by atoms with van der Waals surface area (Å²) in [6.45, 7) is 2.04. The highest BCUT2D eigenvalue weighted by molar-refractivity contribution is 5.79. The topological polar surface area (TPSA) is 83.2 Å². The molecule has 0 fully saturated rings. The summed E-state index contributed by atoms with van der Waals surface area (Å²) in [5.74, 6) is 0.750. The maximum Gasteiger partial charge on any atom is 0.147 e. The SMILES string of the molecule is C[C@@H](c1ncn[nH]1)n1cnc(-c2ccccc2)c1-c1cccc(C#N)c1. The Hall–Kier alpha value is -3.72. The Labute approximate surface area is 150 Å². The minimum absolute atomic E-state index is 0.0804. The van der Waals surface area contributed by atoms with Gasteiger partial charge in [-0.05, 0) is 19.1 Å². The lowest BCUT2D eigenvalue weighted by molar-refractivity contribution is 0.607. The standard InChI is InChI=1S/C20H16N6/c1-14(20-22-12-24-25-20)26-13-23-18(16-7-3-2-4-8-16)19(26)17-9-5-6-15(10-17)11-21/h2-10,12-14H,1H3,(H,22,24,25)/t14-/m0/s1. The summed E-state index contributed by atoms with van der Waals surface area (Å²) >= 11 is 0. The van der Waals surface area contributed by atoms with Gasteiger partial charge in [0.05, 0.1) is 35.4 Å². The number of aromatic nitrogens is 5. The molecule has 0 radical (unpaired) electrons. The molecule has 0 unspecified atom stereocenters. The first kappa shape index (κ1) is 15.8. The Morgan fingerprint density at radius 3 is 2.58 bits per heavy atom. The van der Waals surface area contributed by atoms with Crippen LogP contribution in [0.5, 0.6) is 0 Å². The second-order valence-electron chi connectivity index (χ2n) is 5.95. The molecule has 6 heteroatoms. The van der Waals surface area contributed by atoms with Crippen LogP contribution in [0.3, 0.4) is 0 Å². The monoisotopic (exact) mass is 340 g/mol. The van der Waals surface area contributed by atoms with Gasteiger partial charge in [-0.3, -0.25) is 5.10 Å². The molecule has 0 saturated heterocycles. The normalized spacial score (nSPS) is 11.8. The lowest BCUT2D eigenvalue weighted by Gasteiger charge is -2.16. The van der Waals surface area contributed by atoms with Crippen molar-refractivity contribution in [2.24, 2.45) is 0 Å². The van der Waals surface area contributed by atoms with Crippen molar-refractivity contribution in [2.45, 2.75) is 13.0 Å². The summed E-state index contributed by atoms with van der Waals surface area (Å²) in [6, 6.07) is 19.7. The number of aromatic amines is 1. The molecule has 1 N–H and O–H groups in total. The molecule has 0 amide bonds. The number of hydrogen-bond donors (Lipinski definition) is 1. The number of hydrogen-bond acceptors (Lipinski definition) is 4. The highest BCUT2D eigenvalue weighted by atomic mass is 15.2. The Bertz CT molecular complexity index is 1060. The Morgan fingerprint density at radius 2 is 1.85 bits per heavy atom. The fraction of sp³-hybridized carbons (Fsp3) is 0.100. The van der Waals surface area contributed by atoms with Crippen molar-refractivity contribution in [3.05, 3.63) is 78.6 Å². The summed E-state index contributed by atoms with van der Waals surface area (Å²) in [7, 11) is 0. The van der Waals surface area contributed by atoms with Crippen LogP contribution in [0.15, 0.2) is 67.3 Å². The zero-order valence-corrected chi connectivity index (χ0v) is 14.2. The second-order valence-corrected chi connectivity index (χ2v) is 5.95. The zero-order valence-electron chi connectivity index (χ0n) is 14.2. The first-order valence-corrected chi connectivity index (χ1v) is 8.26. The van der Waals surface area contributed by atoms with E-state index in [4.69, 9.17) is 0 Å². The van der Waals surface area contributed by atoms with E-state index in [0.29, 0.717) is 5.56 Å². The van der Waals surface area contributed by atoms with Crippen LogP contribution in [0.1, 0.15) is 24.4 Å². The molecule has 2 aromatic heterocycles. The Kier molecular flexibility index (Phi) is 4.04. The number of H-pyrrole nitrogens is 1. The summed E-state index contributed by atoms with van der Waals surface area (Å²) in [4.78, 5) is 8.94. The van der Waals surface area contributed by atoms with Crippen molar-refractivity contribution < 1.29 is 0 Å². The van der Waals surface area contributed by atoms with E-state index < -0.39 is 0 Å². The predicted octanol–water partition coefficient (Wildman–Crippen LogP) is 3.82. The molecule has 4 aromatic rings. The van der Waals surface area contributed by atoms with Crippen molar-refractivity contribution >= 4 is 0 Å². The van der Waals surface area contributed by atoms with E-state index in [1.54, 1.807) is 6.07 Å². The molecule has 0 bridgehead atoms. The molecule has 2 aromatic carbocycles.